The second-order valence-corrected chi connectivity index (χ2v) is 3.47. The van der Waals surface area contributed by atoms with Crippen molar-refractivity contribution < 1.29 is 5.11 Å². The van der Waals surface area contributed by atoms with Gasteiger partial charge in [-0.15, -0.1) is 0 Å². The monoisotopic (exact) mass is 227 g/mol. The molecule has 0 saturated heterocycles. The van der Waals surface area contributed by atoms with Gasteiger partial charge in [0.25, 0.3) is 0 Å². The summed E-state index contributed by atoms with van der Waals surface area (Å²) in [6, 6.07) is 0. The van der Waals surface area contributed by atoms with Crippen molar-refractivity contribution in [2.45, 2.75) is 0 Å². The summed E-state index contributed by atoms with van der Waals surface area (Å²) in [7, 11) is 1.80. The number of nitrogens with zero attached hydrogens (tertiary/aromatic N) is 4. The van der Waals surface area contributed by atoms with Crippen LogP contribution in [0.1, 0.15) is 0 Å². The van der Waals surface area contributed by atoms with E-state index in [1.165, 1.54) is 0 Å². The Bertz CT molecular complexity index is 471. The topological polar surface area (TPSA) is 77.9 Å². The Morgan fingerprint density at radius 2 is 2.40 bits per heavy atom. The third-order valence-corrected chi connectivity index (χ3v) is 2.32. The molecule has 7 heteroatoms. The number of H-pyrrole nitrogens is 1. The van der Waals surface area contributed by atoms with Crippen LogP contribution in [-0.2, 0) is 0 Å². The van der Waals surface area contributed by atoms with Crippen LogP contribution in [0.5, 0.6) is 0 Å². The molecule has 0 unspecified atom stereocenters. The Morgan fingerprint density at radius 3 is 3.13 bits per heavy atom. The fourth-order valence-electron chi connectivity index (χ4n) is 1.20. The molecule has 0 aromatic carbocycles. The summed E-state index contributed by atoms with van der Waals surface area (Å²) in [6.45, 7) is 0.531. The van der Waals surface area contributed by atoms with E-state index in [9.17, 15) is 0 Å². The van der Waals surface area contributed by atoms with Crippen LogP contribution in [0.2, 0.25) is 5.15 Å². The standard InChI is InChI=1S/C8H10ClN5O/c1-14(2-3-15)8-10-4-5-6(9)12-13-7(5)11-8/h4,15H,2-3H2,1H3,(H,10,11,12,13). The van der Waals surface area contributed by atoms with Crippen LogP contribution in [0.4, 0.5) is 5.95 Å². The van der Waals surface area contributed by atoms with Crippen LogP contribution in [-0.4, -0.2) is 45.5 Å². The van der Waals surface area contributed by atoms with Gasteiger partial charge in [-0.1, -0.05) is 11.6 Å². The highest BCUT2D eigenvalue weighted by Crippen LogP contribution is 2.19. The van der Waals surface area contributed by atoms with Gasteiger partial charge in [-0.05, 0) is 0 Å². The van der Waals surface area contributed by atoms with Crippen LogP contribution in [0.25, 0.3) is 11.0 Å². The number of aliphatic hydroxyl groups is 1. The first-order valence-corrected chi connectivity index (χ1v) is 4.79. The average molecular weight is 228 g/mol. The second-order valence-electron chi connectivity index (χ2n) is 3.09. The molecule has 80 valence electrons. The van der Waals surface area contributed by atoms with Gasteiger partial charge in [0, 0.05) is 19.8 Å². The zero-order chi connectivity index (χ0) is 10.8. The number of anilines is 1. The van der Waals surface area contributed by atoms with E-state index in [1.807, 2.05) is 0 Å². The molecule has 2 N–H and O–H groups in total. The summed E-state index contributed by atoms with van der Waals surface area (Å²) in [4.78, 5) is 10.0. The maximum absolute atomic E-state index is 8.78. The van der Waals surface area contributed by atoms with Gasteiger partial charge in [-0.3, -0.25) is 5.10 Å². The molecule has 0 fully saturated rings. The lowest BCUT2D eigenvalue weighted by molar-refractivity contribution is 0.303. The average Bonchev–Trinajstić information content (AvgIpc) is 2.60. The Kier molecular flexibility index (Phi) is 2.70. The summed E-state index contributed by atoms with van der Waals surface area (Å²) in [5.41, 5.74) is 0.523. The number of aromatic nitrogens is 4. The minimum Gasteiger partial charge on any atom is -0.395 e. The molecule has 0 aliphatic heterocycles. The number of aromatic amines is 1. The molecule has 0 amide bonds. The van der Waals surface area contributed by atoms with E-state index in [0.29, 0.717) is 28.7 Å². The van der Waals surface area contributed by atoms with E-state index in [4.69, 9.17) is 16.7 Å². The maximum Gasteiger partial charge on any atom is 0.227 e. The van der Waals surface area contributed by atoms with Gasteiger partial charge in [0.1, 0.15) is 5.15 Å². The van der Waals surface area contributed by atoms with Crippen molar-refractivity contribution in [3.8, 4) is 0 Å². The van der Waals surface area contributed by atoms with Crippen LogP contribution < -0.4 is 4.90 Å². The Hall–Kier alpha value is -1.40. The number of aliphatic hydroxyl groups excluding tert-OH is 1. The number of nitrogens with one attached hydrogen (secondary N) is 1. The van der Waals surface area contributed by atoms with E-state index in [1.54, 1.807) is 18.1 Å². The van der Waals surface area contributed by atoms with Gasteiger partial charge in [0.05, 0.1) is 12.0 Å². The van der Waals surface area contributed by atoms with Crippen molar-refractivity contribution in [3.05, 3.63) is 11.3 Å². The molecule has 0 atom stereocenters. The molecule has 0 spiro atoms. The largest absolute Gasteiger partial charge is 0.395 e. The van der Waals surface area contributed by atoms with Gasteiger partial charge >= 0.3 is 0 Å². The minimum atomic E-state index is 0.0548. The quantitative estimate of drug-likeness (QED) is 0.796. The first-order chi connectivity index (χ1) is 7.22. The molecule has 6 nitrogen and oxygen atoms in total. The van der Waals surface area contributed by atoms with Gasteiger partial charge in [0.15, 0.2) is 5.65 Å². The number of halogens is 1. The highest BCUT2D eigenvalue weighted by Gasteiger charge is 2.08. The number of hydrogen-bond acceptors (Lipinski definition) is 5. The highest BCUT2D eigenvalue weighted by atomic mass is 35.5. The lowest BCUT2D eigenvalue weighted by Gasteiger charge is -2.14. The summed E-state index contributed by atoms with van der Waals surface area (Å²) >= 11 is 5.81. The van der Waals surface area contributed by atoms with Gasteiger partial charge in [0.2, 0.25) is 5.95 Å². The summed E-state index contributed by atoms with van der Waals surface area (Å²) < 4.78 is 0. The van der Waals surface area contributed by atoms with Gasteiger partial charge in [-0.25, -0.2) is 4.98 Å². The normalized spacial score (nSPS) is 10.9. The molecule has 2 aromatic rings. The molecule has 0 aliphatic rings. The molecule has 0 aliphatic carbocycles. The zero-order valence-corrected chi connectivity index (χ0v) is 8.86. The number of fused-ring (bicyclic) bond motifs is 1. The van der Waals surface area contributed by atoms with Crippen LogP contribution in [0.3, 0.4) is 0 Å². The molecular weight excluding hydrogens is 218 g/mol. The number of likely N-dealkylation sites (N-methyl/N-ethyl adjacent to an activating group) is 1. The Labute approximate surface area is 90.9 Å². The SMILES string of the molecule is CN(CCO)c1ncc2c(Cl)[nH]nc2n1. The first kappa shape index (κ1) is 10.1. The minimum absolute atomic E-state index is 0.0548. The lowest BCUT2D eigenvalue weighted by atomic mass is 10.4. The van der Waals surface area contributed by atoms with Crippen LogP contribution >= 0.6 is 11.6 Å². The third-order valence-electron chi connectivity index (χ3n) is 2.03. The predicted octanol–water partition coefficient (Wildman–Crippen LogP) is 0.435. The lowest BCUT2D eigenvalue weighted by Crippen LogP contribution is -2.23. The Balaban J connectivity index is 2.38. The fraction of sp³-hybridized carbons (Fsp3) is 0.375. The maximum atomic E-state index is 8.78. The van der Waals surface area contributed by atoms with Crippen molar-refractivity contribution in [2.75, 3.05) is 25.1 Å². The molecule has 0 saturated carbocycles. The van der Waals surface area contributed by atoms with Gasteiger partial charge < -0.3 is 10.0 Å². The molecule has 2 heterocycles. The second kappa shape index (κ2) is 4.00. The Morgan fingerprint density at radius 1 is 1.60 bits per heavy atom. The molecule has 0 bridgehead atoms. The zero-order valence-electron chi connectivity index (χ0n) is 8.11. The van der Waals surface area contributed by atoms with Crippen molar-refractivity contribution in [2.24, 2.45) is 0 Å². The van der Waals surface area contributed by atoms with Crippen molar-refractivity contribution in [1.29, 1.82) is 0 Å². The smallest absolute Gasteiger partial charge is 0.227 e. The molecule has 2 aromatic heterocycles. The molecule has 0 radical (unpaired) electrons. The van der Waals surface area contributed by atoms with Gasteiger partial charge in [-0.2, -0.15) is 10.1 Å². The van der Waals surface area contributed by atoms with Crippen LogP contribution in [0, 0.1) is 0 Å². The predicted molar refractivity (Wildman–Crippen MR) is 57.0 cm³/mol. The number of rotatable bonds is 3. The van der Waals surface area contributed by atoms with Crippen molar-refractivity contribution in [1.82, 2.24) is 20.2 Å². The van der Waals surface area contributed by atoms with Crippen molar-refractivity contribution in [3.63, 3.8) is 0 Å². The van der Waals surface area contributed by atoms with E-state index < -0.39 is 0 Å². The van der Waals surface area contributed by atoms with E-state index in [2.05, 4.69) is 20.2 Å². The molecule has 2 rings (SSSR count). The summed E-state index contributed by atoms with van der Waals surface area (Å²) in [5, 5.41) is 16.4. The van der Waals surface area contributed by atoms with Crippen LogP contribution in [0.15, 0.2) is 6.20 Å². The highest BCUT2D eigenvalue weighted by molar-refractivity contribution is 6.33. The molecule has 15 heavy (non-hydrogen) atoms. The summed E-state index contributed by atoms with van der Waals surface area (Å²) in [6.07, 6.45) is 1.61. The summed E-state index contributed by atoms with van der Waals surface area (Å²) in [5.74, 6) is 0.514. The van der Waals surface area contributed by atoms with E-state index >= 15 is 0 Å². The first-order valence-electron chi connectivity index (χ1n) is 4.41. The van der Waals surface area contributed by atoms with Crippen molar-refractivity contribution >= 4 is 28.6 Å². The third kappa shape index (κ3) is 1.86. The number of hydrogen-bond donors (Lipinski definition) is 2. The fourth-order valence-corrected chi connectivity index (χ4v) is 1.38. The van der Waals surface area contributed by atoms with E-state index in [-0.39, 0.29) is 6.61 Å². The molecular formula is C8H10ClN5O. The van der Waals surface area contributed by atoms with E-state index in [0.717, 1.165) is 0 Å².